The Morgan fingerprint density at radius 2 is 1.84 bits per heavy atom. The second-order valence-electron chi connectivity index (χ2n) is 5.01. The van der Waals surface area contributed by atoms with Gasteiger partial charge in [0.25, 0.3) is 0 Å². The summed E-state index contributed by atoms with van der Waals surface area (Å²) in [6.07, 6.45) is 0. The summed E-state index contributed by atoms with van der Waals surface area (Å²) in [7, 11) is 0. The van der Waals surface area contributed by atoms with E-state index in [0.29, 0.717) is 11.5 Å². The Kier molecular flexibility index (Phi) is 3.87. The maximum absolute atomic E-state index is 9.17. The van der Waals surface area contributed by atoms with E-state index in [1.807, 2.05) is 37.3 Å². The Morgan fingerprint density at radius 1 is 1.11 bits per heavy atom. The first kappa shape index (κ1) is 13.2. The molecule has 0 unspecified atom stereocenters. The molecule has 2 aromatic rings. The molecule has 0 aliphatic rings. The maximum atomic E-state index is 9.17. The molecule has 1 N–H and O–H groups in total. The van der Waals surface area contributed by atoms with E-state index >= 15 is 0 Å². The lowest BCUT2D eigenvalue weighted by molar-refractivity contribution is 0.867. The highest BCUT2D eigenvalue weighted by atomic mass is 14.9. The van der Waals surface area contributed by atoms with E-state index in [2.05, 4.69) is 37.4 Å². The molecule has 96 valence electrons. The summed E-state index contributed by atoms with van der Waals surface area (Å²) in [5, 5.41) is 12.5. The van der Waals surface area contributed by atoms with E-state index in [-0.39, 0.29) is 0 Å². The molecule has 0 bridgehead atoms. The van der Waals surface area contributed by atoms with E-state index in [4.69, 9.17) is 0 Å². The van der Waals surface area contributed by atoms with E-state index in [1.165, 1.54) is 5.56 Å². The third-order valence-corrected chi connectivity index (χ3v) is 3.22. The zero-order valence-corrected chi connectivity index (χ0v) is 11.6. The summed E-state index contributed by atoms with van der Waals surface area (Å²) >= 11 is 0. The van der Waals surface area contributed by atoms with Crippen LogP contribution < -0.4 is 5.32 Å². The molecule has 0 fully saturated rings. The Hall–Kier alpha value is -2.27. The lowest BCUT2D eigenvalue weighted by atomic mass is 10.0. The van der Waals surface area contributed by atoms with Crippen LogP contribution in [0.3, 0.4) is 0 Å². The molecule has 0 spiro atoms. The number of nitrogens with one attached hydrogen (secondary N) is 1. The average molecular weight is 250 g/mol. The molecule has 0 aliphatic carbocycles. The van der Waals surface area contributed by atoms with Gasteiger partial charge in [0.15, 0.2) is 0 Å². The number of nitriles is 1. The normalized spacial score (nSPS) is 10.3. The quantitative estimate of drug-likeness (QED) is 0.854. The molecule has 0 radical (unpaired) electrons. The molecular formula is C17H18N2. The summed E-state index contributed by atoms with van der Waals surface area (Å²) in [5.41, 5.74) is 4.96. The van der Waals surface area contributed by atoms with E-state index in [1.54, 1.807) is 0 Å². The van der Waals surface area contributed by atoms with Gasteiger partial charge >= 0.3 is 0 Å². The van der Waals surface area contributed by atoms with Gasteiger partial charge < -0.3 is 5.32 Å². The van der Waals surface area contributed by atoms with Gasteiger partial charge in [-0.2, -0.15) is 5.26 Å². The van der Waals surface area contributed by atoms with Crippen molar-refractivity contribution >= 4 is 11.4 Å². The van der Waals surface area contributed by atoms with Crippen LogP contribution in [0, 0.1) is 18.3 Å². The minimum atomic E-state index is 0.494. The van der Waals surface area contributed by atoms with E-state index in [0.717, 1.165) is 16.9 Å². The van der Waals surface area contributed by atoms with Crippen molar-refractivity contribution in [1.82, 2.24) is 0 Å². The third-order valence-electron chi connectivity index (χ3n) is 3.22. The van der Waals surface area contributed by atoms with Crippen LogP contribution in [-0.2, 0) is 0 Å². The van der Waals surface area contributed by atoms with Crippen molar-refractivity contribution in [3.05, 3.63) is 59.2 Å². The molecule has 2 heteroatoms. The predicted molar refractivity (Wildman–Crippen MR) is 79.7 cm³/mol. The highest BCUT2D eigenvalue weighted by molar-refractivity contribution is 5.70. The van der Waals surface area contributed by atoms with Gasteiger partial charge in [-0.15, -0.1) is 0 Å². The Morgan fingerprint density at radius 3 is 2.53 bits per heavy atom. The van der Waals surface area contributed by atoms with E-state index < -0.39 is 0 Å². The lowest BCUT2D eigenvalue weighted by Gasteiger charge is -2.13. The number of rotatable bonds is 3. The number of para-hydroxylation sites is 1. The van der Waals surface area contributed by atoms with Crippen molar-refractivity contribution in [3.8, 4) is 6.07 Å². The second kappa shape index (κ2) is 5.58. The van der Waals surface area contributed by atoms with Crippen molar-refractivity contribution < 1.29 is 0 Å². The number of anilines is 2. The van der Waals surface area contributed by atoms with Crippen LogP contribution in [-0.4, -0.2) is 0 Å². The van der Waals surface area contributed by atoms with Crippen LogP contribution in [0.15, 0.2) is 42.5 Å². The summed E-state index contributed by atoms with van der Waals surface area (Å²) in [4.78, 5) is 0. The number of hydrogen-bond acceptors (Lipinski definition) is 2. The van der Waals surface area contributed by atoms with Gasteiger partial charge in [-0.3, -0.25) is 0 Å². The van der Waals surface area contributed by atoms with Gasteiger partial charge in [-0.05, 0) is 42.2 Å². The topological polar surface area (TPSA) is 35.8 Å². The molecule has 0 amide bonds. The fourth-order valence-electron chi connectivity index (χ4n) is 2.05. The van der Waals surface area contributed by atoms with Gasteiger partial charge in [0.1, 0.15) is 6.07 Å². The number of aryl methyl sites for hydroxylation is 1. The molecule has 19 heavy (non-hydrogen) atoms. The van der Waals surface area contributed by atoms with Crippen molar-refractivity contribution in [2.75, 3.05) is 5.32 Å². The SMILES string of the molecule is Cc1cccc(C#N)c1Nc1cccc(C(C)C)c1. The Labute approximate surface area is 114 Å². The zero-order chi connectivity index (χ0) is 13.8. The molecule has 0 saturated carbocycles. The van der Waals surface area contributed by atoms with Crippen LogP contribution in [0.5, 0.6) is 0 Å². The molecule has 0 aromatic heterocycles. The molecule has 0 heterocycles. The first-order chi connectivity index (χ1) is 9.11. The Bertz CT molecular complexity index is 621. The summed E-state index contributed by atoms with van der Waals surface area (Å²) in [5.74, 6) is 0.494. The maximum Gasteiger partial charge on any atom is 0.101 e. The summed E-state index contributed by atoms with van der Waals surface area (Å²) in [6, 6.07) is 16.3. The minimum absolute atomic E-state index is 0.494. The molecular weight excluding hydrogens is 232 g/mol. The van der Waals surface area contributed by atoms with Gasteiger partial charge in [-0.1, -0.05) is 38.1 Å². The summed E-state index contributed by atoms with van der Waals surface area (Å²) in [6.45, 7) is 6.36. The first-order valence-electron chi connectivity index (χ1n) is 6.48. The van der Waals surface area contributed by atoms with Crippen molar-refractivity contribution in [2.24, 2.45) is 0 Å². The van der Waals surface area contributed by atoms with Crippen LogP contribution in [0.25, 0.3) is 0 Å². The van der Waals surface area contributed by atoms with Crippen LogP contribution in [0.4, 0.5) is 11.4 Å². The van der Waals surface area contributed by atoms with Crippen molar-refractivity contribution in [1.29, 1.82) is 5.26 Å². The van der Waals surface area contributed by atoms with Crippen molar-refractivity contribution in [3.63, 3.8) is 0 Å². The number of benzene rings is 2. The second-order valence-corrected chi connectivity index (χ2v) is 5.01. The minimum Gasteiger partial charge on any atom is -0.354 e. The van der Waals surface area contributed by atoms with Gasteiger partial charge in [0.2, 0.25) is 0 Å². The van der Waals surface area contributed by atoms with Gasteiger partial charge in [0, 0.05) is 5.69 Å². The zero-order valence-electron chi connectivity index (χ0n) is 11.6. The van der Waals surface area contributed by atoms with Crippen LogP contribution >= 0.6 is 0 Å². The average Bonchev–Trinajstić information content (AvgIpc) is 2.41. The summed E-state index contributed by atoms with van der Waals surface area (Å²) < 4.78 is 0. The highest BCUT2D eigenvalue weighted by Gasteiger charge is 2.06. The van der Waals surface area contributed by atoms with Gasteiger partial charge in [0.05, 0.1) is 11.3 Å². The predicted octanol–water partition coefficient (Wildman–Crippen LogP) is 4.73. The number of hydrogen-bond donors (Lipinski definition) is 1. The van der Waals surface area contributed by atoms with E-state index in [9.17, 15) is 5.26 Å². The molecule has 0 atom stereocenters. The Balaban J connectivity index is 2.37. The monoisotopic (exact) mass is 250 g/mol. The van der Waals surface area contributed by atoms with Crippen molar-refractivity contribution in [2.45, 2.75) is 26.7 Å². The fraction of sp³-hybridized carbons (Fsp3) is 0.235. The van der Waals surface area contributed by atoms with Crippen LogP contribution in [0.2, 0.25) is 0 Å². The highest BCUT2D eigenvalue weighted by Crippen LogP contribution is 2.26. The molecule has 2 rings (SSSR count). The molecule has 2 nitrogen and oxygen atoms in total. The lowest BCUT2D eigenvalue weighted by Crippen LogP contribution is -1.97. The molecule has 2 aromatic carbocycles. The molecule has 0 aliphatic heterocycles. The fourth-order valence-corrected chi connectivity index (χ4v) is 2.05. The number of nitrogens with zero attached hydrogens (tertiary/aromatic N) is 1. The first-order valence-corrected chi connectivity index (χ1v) is 6.48. The van der Waals surface area contributed by atoms with Gasteiger partial charge in [-0.25, -0.2) is 0 Å². The largest absolute Gasteiger partial charge is 0.354 e. The van der Waals surface area contributed by atoms with Crippen LogP contribution in [0.1, 0.15) is 36.5 Å². The third kappa shape index (κ3) is 2.95. The smallest absolute Gasteiger partial charge is 0.101 e. The molecule has 0 saturated heterocycles. The standard InChI is InChI=1S/C17H18N2/c1-12(2)14-7-5-9-16(10-14)19-17-13(3)6-4-8-15(17)11-18/h4-10,12,19H,1-3H3.